The Morgan fingerprint density at radius 3 is 2.88 bits per heavy atom. The molecule has 0 amide bonds. The summed E-state index contributed by atoms with van der Waals surface area (Å²) in [5.41, 5.74) is 8.19. The van der Waals surface area contributed by atoms with Gasteiger partial charge in [0.25, 0.3) is 5.56 Å². The minimum absolute atomic E-state index is 0.0968. The molecule has 84 valence electrons. The molecule has 1 aliphatic carbocycles. The van der Waals surface area contributed by atoms with Crippen molar-refractivity contribution in [1.82, 2.24) is 14.2 Å². The van der Waals surface area contributed by atoms with Gasteiger partial charge in [-0.3, -0.25) is 4.79 Å². The molecule has 0 aromatic carbocycles. The van der Waals surface area contributed by atoms with Crippen LogP contribution < -0.4 is 11.3 Å². The first-order chi connectivity index (χ1) is 7.70. The molecular weight excluding hydrogens is 204 g/mol. The molecule has 0 spiro atoms. The van der Waals surface area contributed by atoms with Crippen LogP contribution >= 0.6 is 0 Å². The van der Waals surface area contributed by atoms with E-state index in [1.165, 1.54) is 17.4 Å². The summed E-state index contributed by atoms with van der Waals surface area (Å²) in [6.07, 6.45) is 2.37. The van der Waals surface area contributed by atoms with Crippen LogP contribution in [0.25, 0.3) is 5.65 Å². The third-order valence-corrected chi connectivity index (χ3v) is 3.19. The summed E-state index contributed by atoms with van der Waals surface area (Å²) in [6.45, 7) is 0.367. The molecule has 1 aliphatic rings. The Hall–Kier alpha value is -1.62. The van der Waals surface area contributed by atoms with E-state index in [2.05, 4.69) is 5.10 Å². The van der Waals surface area contributed by atoms with Crippen LogP contribution in [0.15, 0.2) is 16.9 Å². The summed E-state index contributed by atoms with van der Waals surface area (Å²) in [4.78, 5) is 11.8. The lowest BCUT2D eigenvalue weighted by molar-refractivity contribution is 0.759. The average molecular weight is 218 g/mol. The predicted molar refractivity (Wildman–Crippen MR) is 60.3 cm³/mol. The summed E-state index contributed by atoms with van der Waals surface area (Å²) < 4.78 is 3.40. The van der Waals surface area contributed by atoms with E-state index in [9.17, 15) is 4.79 Å². The van der Waals surface area contributed by atoms with Crippen LogP contribution in [-0.2, 0) is 13.6 Å². The number of aromatic nitrogens is 3. The van der Waals surface area contributed by atoms with Crippen molar-refractivity contribution >= 4 is 5.65 Å². The van der Waals surface area contributed by atoms with Crippen molar-refractivity contribution in [3.63, 3.8) is 0 Å². The summed E-state index contributed by atoms with van der Waals surface area (Å²) >= 11 is 0. The Kier molecular flexibility index (Phi) is 1.91. The molecular formula is C11H14N4O. The van der Waals surface area contributed by atoms with Crippen LogP contribution in [-0.4, -0.2) is 14.2 Å². The molecule has 0 atom stereocenters. The lowest BCUT2D eigenvalue weighted by Gasteiger charge is -2.07. The van der Waals surface area contributed by atoms with Gasteiger partial charge in [0.15, 0.2) is 0 Å². The van der Waals surface area contributed by atoms with Crippen LogP contribution in [0.3, 0.4) is 0 Å². The van der Waals surface area contributed by atoms with Crippen LogP contribution in [0.4, 0.5) is 0 Å². The number of rotatable bonds is 2. The average Bonchev–Trinajstić information content (AvgIpc) is 3.02. The smallest absolute Gasteiger partial charge is 0.274 e. The van der Waals surface area contributed by atoms with E-state index >= 15 is 0 Å². The molecule has 0 saturated heterocycles. The van der Waals surface area contributed by atoms with Crippen molar-refractivity contribution in [3.8, 4) is 0 Å². The molecule has 5 nitrogen and oxygen atoms in total. The highest BCUT2D eigenvalue weighted by Gasteiger charge is 2.27. The van der Waals surface area contributed by atoms with Crippen LogP contribution in [0, 0.1) is 0 Å². The second-order valence-corrected chi connectivity index (χ2v) is 4.35. The number of aryl methyl sites for hydroxylation is 1. The zero-order valence-corrected chi connectivity index (χ0v) is 9.18. The quantitative estimate of drug-likeness (QED) is 0.792. The molecule has 0 radical (unpaired) electrons. The van der Waals surface area contributed by atoms with Crippen LogP contribution in [0.5, 0.6) is 0 Å². The Labute approximate surface area is 92.5 Å². The van der Waals surface area contributed by atoms with Gasteiger partial charge in [-0.25, -0.2) is 0 Å². The number of nitrogens with two attached hydrogens (primary N) is 1. The van der Waals surface area contributed by atoms with Gasteiger partial charge >= 0.3 is 0 Å². The zero-order chi connectivity index (χ0) is 11.3. The third kappa shape index (κ3) is 1.28. The maximum atomic E-state index is 11.8. The van der Waals surface area contributed by atoms with Crippen molar-refractivity contribution in [1.29, 1.82) is 0 Å². The Bertz CT molecular complexity index is 606. The third-order valence-electron chi connectivity index (χ3n) is 3.19. The first kappa shape index (κ1) is 9.59. The van der Waals surface area contributed by atoms with Crippen LogP contribution in [0.2, 0.25) is 0 Å². The Morgan fingerprint density at radius 2 is 2.25 bits per heavy atom. The fourth-order valence-electron chi connectivity index (χ4n) is 2.01. The molecule has 16 heavy (non-hydrogen) atoms. The SMILES string of the molecule is Cn1c(CN)cc(=O)n2nc(C3CC3)cc12. The maximum absolute atomic E-state index is 11.8. The van der Waals surface area contributed by atoms with E-state index in [1.54, 1.807) is 6.07 Å². The molecule has 5 heteroatoms. The highest BCUT2D eigenvalue weighted by Crippen LogP contribution is 2.39. The van der Waals surface area contributed by atoms with Gasteiger partial charge in [0.05, 0.1) is 5.69 Å². The van der Waals surface area contributed by atoms with Gasteiger partial charge < -0.3 is 10.3 Å². The molecule has 2 heterocycles. The highest BCUT2D eigenvalue weighted by atomic mass is 16.1. The fraction of sp³-hybridized carbons (Fsp3) is 0.455. The first-order valence-corrected chi connectivity index (χ1v) is 5.49. The number of fused-ring (bicyclic) bond motifs is 1. The van der Waals surface area contributed by atoms with E-state index in [1.807, 2.05) is 17.7 Å². The van der Waals surface area contributed by atoms with Gasteiger partial charge in [-0.2, -0.15) is 9.61 Å². The topological polar surface area (TPSA) is 65.3 Å². The monoisotopic (exact) mass is 218 g/mol. The van der Waals surface area contributed by atoms with Crippen molar-refractivity contribution in [3.05, 3.63) is 33.9 Å². The van der Waals surface area contributed by atoms with E-state index in [0.717, 1.165) is 17.0 Å². The molecule has 1 saturated carbocycles. The largest absolute Gasteiger partial charge is 0.331 e. The number of hydrogen-bond acceptors (Lipinski definition) is 3. The van der Waals surface area contributed by atoms with Gasteiger partial charge in [-0.05, 0) is 12.8 Å². The maximum Gasteiger partial charge on any atom is 0.274 e. The van der Waals surface area contributed by atoms with Gasteiger partial charge in [-0.15, -0.1) is 0 Å². The summed E-state index contributed by atoms with van der Waals surface area (Å²) in [7, 11) is 1.91. The summed E-state index contributed by atoms with van der Waals surface area (Å²) in [5.74, 6) is 0.556. The standard InChI is InChI=1S/C11H14N4O/c1-14-8(6-12)4-11(16)15-10(14)5-9(13-15)7-2-3-7/h4-5,7H,2-3,6,12H2,1H3. The molecule has 1 fully saturated rings. The van der Waals surface area contributed by atoms with Crippen molar-refractivity contribution in [2.45, 2.75) is 25.3 Å². The van der Waals surface area contributed by atoms with E-state index in [0.29, 0.717) is 12.5 Å². The predicted octanol–water partition coefficient (Wildman–Crippen LogP) is 0.369. The second-order valence-electron chi connectivity index (χ2n) is 4.35. The normalized spacial score (nSPS) is 15.9. The number of nitrogens with zero attached hydrogens (tertiary/aromatic N) is 3. The minimum atomic E-state index is -0.0968. The molecule has 0 unspecified atom stereocenters. The molecule has 2 aromatic rings. The van der Waals surface area contributed by atoms with Crippen molar-refractivity contribution in [2.75, 3.05) is 0 Å². The van der Waals surface area contributed by atoms with Crippen molar-refractivity contribution in [2.24, 2.45) is 12.8 Å². The van der Waals surface area contributed by atoms with Crippen molar-refractivity contribution < 1.29 is 0 Å². The summed E-state index contributed by atoms with van der Waals surface area (Å²) in [5, 5.41) is 4.35. The molecule has 2 N–H and O–H groups in total. The first-order valence-electron chi connectivity index (χ1n) is 5.49. The Morgan fingerprint density at radius 1 is 1.50 bits per heavy atom. The van der Waals surface area contributed by atoms with Gasteiger partial charge in [0.2, 0.25) is 0 Å². The van der Waals surface area contributed by atoms with Gasteiger partial charge in [0.1, 0.15) is 5.65 Å². The van der Waals surface area contributed by atoms with E-state index in [-0.39, 0.29) is 5.56 Å². The molecule has 2 aromatic heterocycles. The Balaban J connectivity index is 2.31. The molecule has 0 bridgehead atoms. The second kappa shape index (κ2) is 3.18. The van der Waals surface area contributed by atoms with Gasteiger partial charge in [0, 0.05) is 37.3 Å². The summed E-state index contributed by atoms with van der Waals surface area (Å²) in [6, 6.07) is 3.55. The lowest BCUT2D eigenvalue weighted by Crippen LogP contribution is -2.21. The molecule has 0 aliphatic heterocycles. The fourth-order valence-corrected chi connectivity index (χ4v) is 2.01. The van der Waals surface area contributed by atoms with E-state index in [4.69, 9.17) is 5.73 Å². The van der Waals surface area contributed by atoms with Gasteiger partial charge in [-0.1, -0.05) is 0 Å². The zero-order valence-electron chi connectivity index (χ0n) is 9.18. The van der Waals surface area contributed by atoms with E-state index < -0.39 is 0 Å². The van der Waals surface area contributed by atoms with Crippen LogP contribution in [0.1, 0.15) is 30.1 Å². The highest BCUT2D eigenvalue weighted by molar-refractivity contribution is 5.43. The lowest BCUT2D eigenvalue weighted by atomic mass is 10.3. The minimum Gasteiger partial charge on any atom is -0.331 e. The number of hydrogen-bond donors (Lipinski definition) is 1. The molecule has 3 rings (SSSR count).